The zero-order valence-corrected chi connectivity index (χ0v) is 19.4. The van der Waals surface area contributed by atoms with Crippen LogP contribution in [0.5, 0.6) is 0 Å². The van der Waals surface area contributed by atoms with Crippen LogP contribution in [0.1, 0.15) is 28.3 Å². The van der Waals surface area contributed by atoms with Crippen molar-refractivity contribution < 1.29 is 13.9 Å². The van der Waals surface area contributed by atoms with Crippen molar-refractivity contribution in [1.29, 1.82) is 0 Å². The minimum absolute atomic E-state index is 0.0136. The molecule has 1 aliphatic heterocycles. The summed E-state index contributed by atoms with van der Waals surface area (Å²) in [5.41, 5.74) is 10.8. The highest BCUT2D eigenvalue weighted by Gasteiger charge is 2.27. The van der Waals surface area contributed by atoms with Crippen LogP contribution < -0.4 is 16.4 Å². The second kappa shape index (κ2) is 10.2. The van der Waals surface area contributed by atoms with Gasteiger partial charge in [0.2, 0.25) is 6.17 Å². The van der Waals surface area contributed by atoms with Crippen LogP contribution >= 0.6 is 0 Å². The number of carbonyl (C=O) groups excluding carboxylic acids is 1. The summed E-state index contributed by atoms with van der Waals surface area (Å²) in [6.45, 7) is 0.422. The smallest absolute Gasteiger partial charge is 0.317 e. The van der Waals surface area contributed by atoms with Gasteiger partial charge in [-0.15, -0.1) is 5.10 Å². The Morgan fingerprint density at radius 2 is 1.94 bits per heavy atom. The van der Waals surface area contributed by atoms with E-state index in [1.165, 1.54) is 6.20 Å². The molecule has 10 nitrogen and oxygen atoms in total. The van der Waals surface area contributed by atoms with E-state index in [0.717, 1.165) is 16.7 Å². The number of para-hydroxylation sites is 1. The quantitative estimate of drug-likeness (QED) is 0.366. The number of nitrogens with two attached hydrogens (primary N) is 1. The van der Waals surface area contributed by atoms with Crippen molar-refractivity contribution in [2.75, 3.05) is 17.7 Å². The lowest BCUT2D eigenvalue weighted by atomic mass is 10.0. The first kappa shape index (κ1) is 22.9. The Morgan fingerprint density at radius 1 is 1.14 bits per heavy atom. The summed E-state index contributed by atoms with van der Waals surface area (Å²) >= 11 is 0. The van der Waals surface area contributed by atoms with Crippen LogP contribution in [0.3, 0.4) is 0 Å². The topological polar surface area (TPSA) is 141 Å². The van der Waals surface area contributed by atoms with Gasteiger partial charge in [-0.1, -0.05) is 53.6 Å². The van der Waals surface area contributed by atoms with Crippen molar-refractivity contribution in [2.24, 2.45) is 10.7 Å². The van der Waals surface area contributed by atoms with Crippen LogP contribution in [0.4, 0.5) is 11.7 Å². The van der Waals surface area contributed by atoms with Crippen LogP contribution in [-0.4, -0.2) is 40.1 Å². The first-order chi connectivity index (χ1) is 17.7. The highest BCUT2D eigenvalue weighted by atomic mass is 16.5. The number of methoxy groups -OCH3 is 1. The van der Waals surface area contributed by atoms with E-state index in [0.29, 0.717) is 29.3 Å². The Bertz CT molecular complexity index is 1450. The van der Waals surface area contributed by atoms with Gasteiger partial charge >= 0.3 is 6.01 Å². The molecule has 0 radical (unpaired) electrons. The molecule has 180 valence electrons. The number of fused-ring (bicyclic) bond motifs is 1. The molecule has 0 fully saturated rings. The number of rotatable bonds is 7. The molecule has 1 amide bonds. The molecule has 3 heterocycles. The predicted octanol–water partition coefficient (Wildman–Crippen LogP) is 3.19. The normalized spacial score (nSPS) is 15.5. The monoisotopic (exact) mass is 481 g/mol. The maximum absolute atomic E-state index is 13.1. The van der Waals surface area contributed by atoms with E-state index < -0.39 is 6.17 Å². The van der Waals surface area contributed by atoms with Crippen LogP contribution in [0.2, 0.25) is 0 Å². The van der Waals surface area contributed by atoms with Crippen LogP contribution in [0.25, 0.3) is 5.57 Å². The van der Waals surface area contributed by atoms with Gasteiger partial charge in [-0.05, 0) is 23.8 Å². The molecule has 0 saturated carbocycles. The molecule has 36 heavy (non-hydrogen) atoms. The van der Waals surface area contributed by atoms with E-state index in [-0.39, 0.29) is 17.8 Å². The molecule has 4 N–H and O–H groups in total. The zero-order valence-electron chi connectivity index (χ0n) is 19.4. The van der Waals surface area contributed by atoms with Gasteiger partial charge in [-0.25, -0.2) is 4.99 Å². The lowest BCUT2D eigenvalue weighted by molar-refractivity contribution is -0.116. The average Bonchev–Trinajstić information content (AvgIpc) is 3.31. The largest absolute Gasteiger partial charge is 0.404 e. The summed E-state index contributed by atoms with van der Waals surface area (Å²) in [5.74, 6) is -0.219. The van der Waals surface area contributed by atoms with Gasteiger partial charge in [0.1, 0.15) is 0 Å². The second-order valence-electron chi connectivity index (χ2n) is 7.90. The molecule has 0 spiro atoms. The van der Waals surface area contributed by atoms with Gasteiger partial charge in [0.15, 0.2) is 0 Å². The molecule has 0 saturated heterocycles. The number of ether oxygens (including phenoxy) is 1. The van der Waals surface area contributed by atoms with Crippen molar-refractivity contribution in [3.05, 3.63) is 107 Å². The molecular formula is C26H23N7O3. The number of pyridine rings is 1. The number of benzodiazepines with no additional fused rings is 1. The molecule has 4 aromatic rings. The van der Waals surface area contributed by atoms with E-state index in [2.05, 4.69) is 25.8 Å². The molecule has 10 heteroatoms. The summed E-state index contributed by atoms with van der Waals surface area (Å²) in [5, 5.41) is 14.0. The Balaban J connectivity index is 1.45. The number of aliphatic imine (C=N–C) groups is 1. The van der Waals surface area contributed by atoms with E-state index in [4.69, 9.17) is 19.9 Å². The average molecular weight is 482 g/mol. The third-order valence-electron chi connectivity index (χ3n) is 5.49. The molecule has 2 aromatic heterocycles. The number of nitrogens with zero attached hydrogens (tertiary/aromatic N) is 4. The molecule has 0 unspecified atom stereocenters. The molecule has 5 rings (SSSR count). The number of amides is 1. The summed E-state index contributed by atoms with van der Waals surface area (Å²) < 4.78 is 11.0. The molecular weight excluding hydrogens is 458 g/mol. The number of anilines is 2. The number of hydrogen-bond acceptors (Lipinski definition) is 9. The predicted molar refractivity (Wildman–Crippen MR) is 135 cm³/mol. The highest BCUT2D eigenvalue weighted by Crippen LogP contribution is 2.26. The third kappa shape index (κ3) is 4.70. The highest BCUT2D eigenvalue weighted by molar-refractivity contribution is 6.19. The van der Waals surface area contributed by atoms with E-state index in [1.54, 1.807) is 13.3 Å². The zero-order chi connectivity index (χ0) is 24.9. The summed E-state index contributed by atoms with van der Waals surface area (Å²) in [6.07, 6.45) is 1.97. The van der Waals surface area contributed by atoms with Gasteiger partial charge in [0.05, 0.1) is 29.3 Å². The molecule has 2 aromatic carbocycles. The standard InChI is InChI=1S/C26H23N7O3/c1-35-15-16-11-12-28-21(13-16)19(14-27)25-32-33-26(36-25)31-23-24(34)29-20-10-6-5-9-18(20)22(30-23)17-7-3-2-4-8-17/h2-14,23H,15,27H2,1H3,(H,29,34)(H,31,33)/t23-/m1/s1. The van der Waals surface area contributed by atoms with Crippen LogP contribution in [0.15, 0.2) is 88.5 Å². The fourth-order valence-electron chi connectivity index (χ4n) is 3.83. The second-order valence-corrected chi connectivity index (χ2v) is 7.90. The number of aromatic nitrogens is 3. The third-order valence-corrected chi connectivity index (χ3v) is 5.49. The Kier molecular flexibility index (Phi) is 6.50. The Hall–Kier alpha value is -4.83. The van der Waals surface area contributed by atoms with Crippen molar-refractivity contribution in [3.63, 3.8) is 0 Å². The Morgan fingerprint density at radius 3 is 2.75 bits per heavy atom. The number of nitrogens with one attached hydrogen (secondary N) is 2. The SMILES string of the molecule is COCc1ccnc(C(=CN)c2nnc(N[C@H]3N=C(c4ccccc4)c4ccccc4NC3=O)o2)c1. The Labute approximate surface area is 206 Å². The minimum atomic E-state index is -1.02. The lowest BCUT2D eigenvalue weighted by Gasteiger charge is -2.11. The maximum atomic E-state index is 13.1. The fraction of sp³-hybridized carbons (Fsp3) is 0.115. The van der Waals surface area contributed by atoms with Crippen molar-refractivity contribution >= 4 is 28.9 Å². The van der Waals surface area contributed by atoms with Gasteiger partial charge in [0.25, 0.3) is 11.8 Å². The van der Waals surface area contributed by atoms with E-state index >= 15 is 0 Å². The summed E-state index contributed by atoms with van der Waals surface area (Å²) in [4.78, 5) is 22.1. The number of benzene rings is 2. The maximum Gasteiger partial charge on any atom is 0.317 e. The number of hydrogen-bond donors (Lipinski definition) is 3. The van der Waals surface area contributed by atoms with Crippen LogP contribution in [-0.2, 0) is 16.1 Å². The van der Waals surface area contributed by atoms with Gasteiger partial charge in [-0.3, -0.25) is 9.78 Å². The lowest BCUT2D eigenvalue weighted by Crippen LogP contribution is -2.32. The molecule has 1 atom stereocenters. The van der Waals surface area contributed by atoms with Crippen molar-refractivity contribution in [3.8, 4) is 0 Å². The van der Waals surface area contributed by atoms with Crippen molar-refractivity contribution in [2.45, 2.75) is 12.8 Å². The summed E-state index contributed by atoms with van der Waals surface area (Å²) in [7, 11) is 1.61. The fourth-order valence-corrected chi connectivity index (χ4v) is 3.83. The van der Waals surface area contributed by atoms with Gasteiger partial charge in [0, 0.05) is 30.6 Å². The molecule has 0 aliphatic carbocycles. The van der Waals surface area contributed by atoms with E-state index in [1.807, 2.05) is 66.7 Å². The van der Waals surface area contributed by atoms with Gasteiger partial charge < -0.3 is 25.5 Å². The first-order valence-electron chi connectivity index (χ1n) is 11.2. The first-order valence-corrected chi connectivity index (χ1v) is 11.2. The molecule has 0 bridgehead atoms. The van der Waals surface area contributed by atoms with Crippen LogP contribution in [0, 0.1) is 0 Å². The summed E-state index contributed by atoms with van der Waals surface area (Å²) in [6, 6.07) is 20.8. The number of carbonyl (C=O) groups is 1. The van der Waals surface area contributed by atoms with Gasteiger partial charge in [-0.2, -0.15) is 0 Å². The minimum Gasteiger partial charge on any atom is -0.404 e. The van der Waals surface area contributed by atoms with E-state index in [9.17, 15) is 4.79 Å². The molecule has 1 aliphatic rings. The van der Waals surface area contributed by atoms with Crippen molar-refractivity contribution in [1.82, 2.24) is 15.2 Å².